The number of hydrogen-bond acceptors (Lipinski definition) is 4. The predicted octanol–water partition coefficient (Wildman–Crippen LogP) is 5.22. The Hall–Kier alpha value is -2.93. The van der Waals surface area contributed by atoms with Crippen molar-refractivity contribution < 1.29 is 14.4 Å². The van der Waals surface area contributed by atoms with E-state index in [1.54, 1.807) is 4.90 Å². The van der Waals surface area contributed by atoms with Gasteiger partial charge in [-0.05, 0) is 73.9 Å². The van der Waals surface area contributed by atoms with Gasteiger partial charge in [-0.2, -0.15) is 0 Å². The molecule has 1 aliphatic rings. The van der Waals surface area contributed by atoms with Gasteiger partial charge in [0.1, 0.15) is 12.1 Å². The fourth-order valence-electron chi connectivity index (χ4n) is 5.71. The van der Waals surface area contributed by atoms with E-state index in [0.717, 1.165) is 74.4 Å². The van der Waals surface area contributed by atoms with E-state index in [1.807, 2.05) is 32.0 Å². The molecule has 0 bridgehead atoms. The molecule has 7 nitrogen and oxygen atoms in total. The highest BCUT2D eigenvalue weighted by molar-refractivity contribution is 5.93. The summed E-state index contributed by atoms with van der Waals surface area (Å²) >= 11 is 0. The summed E-state index contributed by atoms with van der Waals surface area (Å²) < 4.78 is 0. The minimum Gasteiger partial charge on any atom is -0.354 e. The summed E-state index contributed by atoms with van der Waals surface area (Å²) in [7, 11) is 0. The molecule has 3 rings (SSSR count). The highest BCUT2D eigenvalue weighted by Crippen LogP contribution is 2.23. The number of carbonyl (C=O) groups is 3. The molecule has 41 heavy (non-hydrogen) atoms. The first-order valence-corrected chi connectivity index (χ1v) is 15.9. The summed E-state index contributed by atoms with van der Waals surface area (Å²) in [6, 6.07) is 13.1. The maximum absolute atomic E-state index is 13.5. The number of fused-ring (bicyclic) bond motifs is 1. The third kappa shape index (κ3) is 10.1. The van der Waals surface area contributed by atoms with Crippen molar-refractivity contribution in [1.29, 1.82) is 0 Å². The number of benzene rings is 2. The van der Waals surface area contributed by atoms with E-state index in [-0.39, 0.29) is 23.6 Å². The lowest BCUT2D eigenvalue weighted by molar-refractivity contribution is -0.142. The van der Waals surface area contributed by atoms with Crippen LogP contribution in [0.25, 0.3) is 10.8 Å². The van der Waals surface area contributed by atoms with Crippen LogP contribution >= 0.6 is 0 Å². The first kappa shape index (κ1) is 32.6. The Morgan fingerprint density at radius 3 is 2.34 bits per heavy atom. The van der Waals surface area contributed by atoms with Gasteiger partial charge in [-0.3, -0.25) is 14.4 Å². The Kier molecular flexibility index (Phi) is 13.6. The number of nitrogens with one attached hydrogen (secondary N) is 3. The SMILES string of the molecule is CCC(CC)C(=O)N1CCCC1C(=O)N[C@H](Cc1ccc2ccccc2c1)C(=O)NCCCCCCNCC(C)C. The molecule has 1 heterocycles. The molecule has 1 unspecified atom stereocenters. The van der Waals surface area contributed by atoms with Gasteiger partial charge in [0.15, 0.2) is 0 Å². The summed E-state index contributed by atoms with van der Waals surface area (Å²) in [5.74, 6) is 0.265. The van der Waals surface area contributed by atoms with Gasteiger partial charge in [-0.25, -0.2) is 0 Å². The molecule has 0 aromatic heterocycles. The van der Waals surface area contributed by atoms with Crippen LogP contribution in [0.4, 0.5) is 0 Å². The molecule has 0 spiro atoms. The second-order valence-electron chi connectivity index (χ2n) is 12.0. The highest BCUT2D eigenvalue weighted by atomic mass is 16.2. The lowest BCUT2D eigenvalue weighted by Gasteiger charge is -2.29. The number of hydrogen-bond donors (Lipinski definition) is 3. The van der Waals surface area contributed by atoms with Crippen molar-refractivity contribution in [2.24, 2.45) is 11.8 Å². The van der Waals surface area contributed by atoms with Gasteiger partial charge in [-0.1, -0.05) is 83.0 Å². The molecule has 0 radical (unpaired) electrons. The van der Waals surface area contributed by atoms with Crippen molar-refractivity contribution in [3.63, 3.8) is 0 Å². The van der Waals surface area contributed by atoms with E-state index >= 15 is 0 Å². The van der Waals surface area contributed by atoms with E-state index in [4.69, 9.17) is 0 Å². The molecule has 1 aliphatic heterocycles. The lowest BCUT2D eigenvalue weighted by atomic mass is 10.00. The number of likely N-dealkylation sites (tertiary alicyclic amines) is 1. The van der Waals surface area contributed by atoms with Gasteiger partial charge in [0, 0.05) is 25.4 Å². The predicted molar refractivity (Wildman–Crippen MR) is 168 cm³/mol. The van der Waals surface area contributed by atoms with Crippen LogP contribution in [0.2, 0.25) is 0 Å². The quantitative estimate of drug-likeness (QED) is 0.230. The number of rotatable bonds is 17. The van der Waals surface area contributed by atoms with Crippen LogP contribution in [0.15, 0.2) is 42.5 Å². The summed E-state index contributed by atoms with van der Waals surface area (Å²) in [6.45, 7) is 11.7. The third-order valence-electron chi connectivity index (χ3n) is 8.19. The average Bonchev–Trinajstić information content (AvgIpc) is 3.46. The van der Waals surface area contributed by atoms with Crippen LogP contribution < -0.4 is 16.0 Å². The van der Waals surface area contributed by atoms with Crippen molar-refractivity contribution in [2.75, 3.05) is 26.2 Å². The smallest absolute Gasteiger partial charge is 0.243 e. The van der Waals surface area contributed by atoms with Crippen molar-refractivity contribution in [3.05, 3.63) is 48.0 Å². The average molecular weight is 565 g/mol. The summed E-state index contributed by atoms with van der Waals surface area (Å²) in [6.07, 6.45) is 7.59. The Labute approximate surface area is 247 Å². The van der Waals surface area contributed by atoms with Gasteiger partial charge < -0.3 is 20.9 Å². The van der Waals surface area contributed by atoms with E-state index in [2.05, 4.69) is 54.1 Å². The molecular formula is C34H52N4O3. The second-order valence-corrected chi connectivity index (χ2v) is 12.0. The Balaban J connectivity index is 1.61. The zero-order valence-electron chi connectivity index (χ0n) is 25.7. The first-order valence-electron chi connectivity index (χ1n) is 15.9. The summed E-state index contributed by atoms with van der Waals surface area (Å²) in [5.41, 5.74) is 0.995. The van der Waals surface area contributed by atoms with Gasteiger partial charge in [0.25, 0.3) is 0 Å². The summed E-state index contributed by atoms with van der Waals surface area (Å²) in [5, 5.41) is 11.8. The van der Waals surface area contributed by atoms with Crippen molar-refractivity contribution in [3.8, 4) is 0 Å². The van der Waals surface area contributed by atoms with Gasteiger partial charge >= 0.3 is 0 Å². The lowest BCUT2D eigenvalue weighted by Crippen LogP contribution is -2.54. The Bertz CT molecular complexity index is 1110. The fraction of sp³-hybridized carbons (Fsp3) is 0.618. The zero-order valence-corrected chi connectivity index (χ0v) is 25.7. The van der Waals surface area contributed by atoms with Gasteiger partial charge in [-0.15, -0.1) is 0 Å². The van der Waals surface area contributed by atoms with Crippen molar-refractivity contribution in [1.82, 2.24) is 20.9 Å². The molecule has 2 aromatic rings. The molecule has 3 N–H and O–H groups in total. The van der Waals surface area contributed by atoms with Crippen LogP contribution in [0.1, 0.15) is 84.6 Å². The molecular weight excluding hydrogens is 512 g/mol. The highest BCUT2D eigenvalue weighted by Gasteiger charge is 2.37. The molecule has 3 amide bonds. The molecule has 1 saturated heterocycles. The standard InChI is InChI=1S/C34H52N4O3/c1-5-27(6-2)34(41)38-21-13-16-31(38)33(40)37-30(23-26-17-18-28-14-9-10-15-29(28)22-26)32(39)36-20-12-8-7-11-19-35-24-25(3)4/h9-10,14-15,17-18,22,25,27,30-31,35H,5-8,11-13,16,19-21,23-24H2,1-4H3,(H,36,39)(H,37,40)/t30-,31?/m1/s1. The monoisotopic (exact) mass is 564 g/mol. The second kappa shape index (κ2) is 17.1. The Morgan fingerprint density at radius 2 is 1.63 bits per heavy atom. The molecule has 2 atom stereocenters. The van der Waals surface area contributed by atoms with Crippen LogP contribution in [0, 0.1) is 11.8 Å². The normalized spacial score (nSPS) is 16.0. The maximum atomic E-state index is 13.5. The fourth-order valence-corrected chi connectivity index (χ4v) is 5.71. The Morgan fingerprint density at radius 1 is 0.927 bits per heavy atom. The number of unbranched alkanes of at least 4 members (excludes halogenated alkanes) is 3. The van der Waals surface area contributed by atoms with E-state index in [9.17, 15) is 14.4 Å². The number of carbonyl (C=O) groups excluding carboxylic acids is 3. The van der Waals surface area contributed by atoms with Gasteiger partial charge in [0.05, 0.1) is 0 Å². The maximum Gasteiger partial charge on any atom is 0.243 e. The van der Waals surface area contributed by atoms with Crippen molar-refractivity contribution >= 4 is 28.5 Å². The minimum absolute atomic E-state index is 0.0580. The van der Waals surface area contributed by atoms with Crippen LogP contribution in [-0.4, -0.2) is 60.9 Å². The van der Waals surface area contributed by atoms with E-state index in [0.29, 0.717) is 31.8 Å². The third-order valence-corrected chi connectivity index (χ3v) is 8.19. The molecule has 1 fully saturated rings. The van der Waals surface area contributed by atoms with E-state index in [1.165, 1.54) is 0 Å². The van der Waals surface area contributed by atoms with Crippen LogP contribution in [-0.2, 0) is 20.8 Å². The minimum atomic E-state index is -0.699. The number of nitrogens with zero attached hydrogens (tertiary/aromatic N) is 1. The molecule has 2 aromatic carbocycles. The molecule has 0 aliphatic carbocycles. The van der Waals surface area contributed by atoms with Gasteiger partial charge in [0.2, 0.25) is 17.7 Å². The zero-order chi connectivity index (χ0) is 29.6. The topological polar surface area (TPSA) is 90.5 Å². The van der Waals surface area contributed by atoms with E-state index < -0.39 is 12.1 Å². The van der Waals surface area contributed by atoms with Crippen LogP contribution in [0.3, 0.4) is 0 Å². The molecule has 7 heteroatoms. The summed E-state index contributed by atoms with van der Waals surface area (Å²) in [4.78, 5) is 41.8. The van der Waals surface area contributed by atoms with Crippen molar-refractivity contribution in [2.45, 2.75) is 97.6 Å². The first-order chi connectivity index (χ1) is 19.8. The largest absolute Gasteiger partial charge is 0.354 e. The molecule has 226 valence electrons. The van der Waals surface area contributed by atoms with Crippen LogP contribution in [0.5, 0.6) is 0 Å². The molecule has 0 saturated carbocycles. The number of amides is 3.